The molecule has 1 aromatic carbocycles. The van der Waals surface area contributed by atoms with Crippen LogP contribution in [0, 0.1) is 11.3 Å². The Kier molecular flexibility index (Phi) is 4.06. The molecule has 1 amide bonds. The van der Waals surface area contributed by atoms with Crippen LogP contribution in [-0.2, 0) is 4.79 Å². The predicted octanol–water partition coefficient (Wildman–Crippen LogP) is 2.29. The molecule has 0 bridgehead atoms. The Labute approximate surface area is 111 Å². The van der Waals surface area contributed by atoms with Gasteiger partial charge in [0.15, 0.2) is 0 Å². The number of anilines is 1. The van der Waals surface area contributed by atoms with Gasteiger partial charge in [0.1, 0.15) is 6.07 Å². The van der Waals surface area contributed by atoms with Crippen LogP contribution in [0.4, 0.5) is 5.69 Å². The number of amides is 1. The van der Waals surface area contributed by atoms with E-state index in [1.54, 1.807) is 18.2 Å². The van der Waals surface area contributed by atoms with Gasteiger partial charge in [-0.2, -0.15) is 5.26 Å². The molecule has 0 spiro atoms. The summed E-state index contributed by atoms with van der Waals surface area (Å²) < 4.78 is 0. The lowest BCUT2D eigenvalue weighted by molar-refractivity contribution is -0.120. The van der Waals surface area contributed by atoms with E-state index in [4.69, 9.17) is 16.9 Å². The molecule has 1 aromatic rings. The van der Waals surface area contributed by atoms with Crippen LogP contribution in [0.3, 0.4) is 0 Å². The second-order valence-electron chi connectivity index (χ2n) is 4.32. The Balaban J connectivity index is 1.83. The molecule has 1 aliphatic carbocycles. The SMILES string of the molecule is N#Cc1ccc(Cl)cc1NCCC(=O)NC1CC1. The molecule has 5 heteroatoms. The fourth-order valence-corrected chi connectivity index (χ4v) is 1.77. The molecular weight excluding hydrogens is 250 g/mol. The number of benzene rings is 1. The Morgan fingerprint density at radius 1 is 1.50 bits per heavy atom. The number of nitriles is 1. The molecule has 0 heterocycles. The standard InChI is InChI=1S/C13H14ClN3O/c14-10-2-1-9(8-15)12(7-10)16-6-5-13(18)17-11-3-4-11/h1-2,7,11,16H,3-6H2,(H,17,18). The van der Waals surface area contributed by atoms with Gasteiger partial charge in [0, 0.05) is 24.0 Å². The molecule has 1 saturated carbocycles. The quantitative estimate of drug-likeness (QED) is 0.857. The van der Waals surface area contributed by atoms with E-state index in [0.717, 1.165) is 12.8 Å². The molecular formula is C13H14ClN3O. The third kappa shape index (κ3) is 3.64. The maximum atomic E-state index is 11.5. The fraction of sp³-hybridized carbons (Fsp3) is 0.385. The van der Waals surface area contributed by atoms with Crippen molar-refractivity contribution in [1.29, 1.82) is 5.26 Å². The molecule has 0 saturated heterocycles. The topological polar surface area (TPSA) is 64.9 Å². The molecule has 0 unspecified atom stereocenters. The molecule has 94 valence electrons. The fourth-order valence-electron chi connectivity index (χ4n) is 1.60. The number of halogens is 1. The van der Waals surface area contributed by atoms with E-state index < -0.39 is 0 Å². The lowest BCUT2D eigenvalue weighted by atomic mass is 10.2. The van der Waals surface area contributed by atoms with E-state index in [9.17, 15) is 4.79 Å². The summed E-state index contributed by atoms with van der Waals surface area (Å²) in [6, 6.07) is 7.50. The van der Waals surface area contributed by atoms with Crippen LogP contribution in [0.1, 0.15) is 24.8 Å². The van der Waals surface area contributed by atoms with E-state index in [-0.39, 0.29) is 5.91 Å². The minimum absolute atomic E-state index is 0.0468. The molecule has 1 fully saturated rings. The molecule has 0 aliphatic heterocycles. The van der Waals surface area contributed by atoms with Gasteiger partial charge in [-0.05, 0) is 31.0 Å². The third-order valence-electron chi connectivity index (χ3n) is 2.71. The van der Waals surface area contributed by atoms with Crippen LogP contribution in [0.25, 0.3) is 0 Å². The van der Waals surface area contributed by atoms with Crippen molar-refractivity contribution in [3.8, 4) is 6.07 Å². The number of rotatable bonds is 5. The summed E-state index contributed by atoms with van der Waals surface area (Å²) in [7, 11) is 0. The summed E-state index contributed by atoms with van der Waals surface area (Å²) in [6.07, 6.45) is 2.58. The van der Waals surface area contributed by atoms with Gasteiger partial charge in [0.25, 0.3) is 0 Å². The van der Waals surface area contributed by atoms with Crippen molar-refractivity contribution in [3.63, 3.8) is 0 Å². The molecule has 1 aliphatic rings. The first-order valence-electron chi connectivity index (χ1n) is 5.92. The minimum Gasteiger partial charge on any atom is -0.383 e. The Hall–Kier alpha value is -1.73. The summed E-state index contributed by atoms with van der Waals surface area (Å²) >= 11 is 5.86. The molecule has 4 nitrogen and oxygen atoms in total. The normalized spacial score (nSPS) is 13.8. The molecule has 2 rings (SSSR count). The van der Waals surface area contributed by atoms with Gasteiger partial charge in [0.05, 0.1) is 11.3 Å². The summed E-state index contributed by atoms with van der Waals surface area (Å²) in [4.78, 5) is 11.5. The van der Waals surface area contributed by atoms with Crippen molar-refractivity contribution < 1.29 is 4.79 Å². The average molecular weight is 264 g/mol. The summed E-state index contributed by atoms with van der Waals surface area (Å²) in [6.45, 7) is 0.494. The highest BCUT2D eigenvalue weighted by molar-refractivity contribution is 6.30. The third-order valence-corrected chi connectivity index (χ3v) is 2.95. The smallest absolute Gasteiger partial charge is 0.221 e. The highest BCUT2D eigenvalue weighted by Crippen LogP contribution is 2.20. The second-order valence-corrected chi connectivity index (χ2v) is 4.76. The van der Waals surface area contributed by atoms with Gasteiger partial charge in [-0.25, -0.2) is 0 Å². The lowest BCUT2D eigenvalue weighted by Crippen LogP contribution is -2.27. The van der Waals surface area contributed by atoms with Crippen molar-refractivity contribution in [2.24, 2.45) is 0 Å². The van der Waals surface area contributed by atoms with Crippen LogP contribution in [0.15, 0.2) is 18.2 Å². The zero-order chi connectivity index (χ0) is 13.0. The summed E-state index contributed by atoms with van der Waals surface area (Å²) in [5, 5.41) is 15.5. The number of hydrogen-bond donors (Lipinski definition) is 2. The first kappa shape index (κ1) is 12.7. The van der Waals surface area contributed by atoms with E-state index in [1.807, 2.05) is 0 Å². The highest BCUT2D eigenvalue weighted by atomic mass is 35.5. The number of carbonyl (C=O) groups is 1. The van der Waals surface area contributed by atoms with Crippen LogP contribution < -0.4 is 10.6 Å². The van der Waals surface area contributed by atoms with E-state index in [1.165, 1.54) is 0 Å². The lowest BCUT2D eigenvalue weighted by Gasteiger charge is -2.08. The van der Waals surface area contributed by atoms with E-state index >= 15 is 0 Å². The first-order valence-corrected chi connectivity index (χ1v) is 6.29. The van der Waals surface area contributed by atoms with Crippen molar-refractivity contribution in [2.75, 3.05) is 11.9 Å². The van der Waals surface area contributed by atoms with Crippen molar-refractivity contribution >= 4 is 23.2 Å². The van der Waals surface area contributed by atoms with Crippen LogP contribution in [0.5, 0.6) is 0 Å². The van der Waals surface area contributed by atoms with Crippen molar-refractivity contribution in [1.82, 2.24) is 5.32 Å². The highest BCUT2D eigenvalue weighted by Gasteiger charge is 2.22. The predicted molar refractivity (Wildman–Crippen MR) is 70.4 cm³/mol. The summed E-state index contributed by atoms with van der Waals surface area (Å²) in [5.41, 5.74) is 1.20. The maximum absolute atomic E-state index is 11.5. The van der Waals surface area contributed by atoms with Crippen LogP contribution in [-0.4, -0.2) is 18.5 Å². The van der Waals surface area contributed by atoms with Gasteiger partial charge in [0.2, 0.25) is 5.91 Å². The number of carbonyl (C=O) groups excluding carboxylic acids is 1. The van der Waals surface area contributed by atoms with Gasteiger partial charge in [-0.15, -0.1) is 0 Å². The molecule has 0 radical (unpaired) electrons. The van der Waals surface area contributed by atoms with Crippen LogP contribution in [0.2, 0.25) is 5.02 Å². The van der Waals surface area contributed by atoms with Gasteiger partial charge >= 0.3 is 0 Å². The van der Waals surface area contributed by atoms with Crippen LogP contribution >= 0.6 is 11.6 Å². The largest absolute Gasteiger partial charge is 0.383 e. The average Bonchev–Trinajstić information content (AvgIpc) is 3.13. The van der Waals surface area contributed by atoms with Gasteiger partial charge < -0.3 is 10.6 Å². The maximum Gasteiger partial charge on any atom is 0.221 e. The van der Waals surface area contributed by atoms with Gasteiger partial charge in [-0.1, -0.05) is 11.6 Å². The Morgan fingerprint density at radius 2 is 2.28 bits per heavy atom. The Bertz CT molecular complexity index is 491. The van der Waals surface area contributed by atoms with Gasteiger partial charge in [-0.3, -0.25) is 4.79 Å². The molecule has 0 atom stereocenters. The number of nitrogens with one attached hydrogen (secondary N) is 2. The monoisotopic (exact) mass is 263 g/mol. The molecule has 18 heavy (non-hydrogen) atoms. The zero-order valence-corrected chi connectivity index (χ0v) is 10.6. The van der Waals surface area contributed by atoms with Crippen molar-refractivity contribution in [2.45, 2.75) is 25.3 Å². The zero-order valence-electron chi connectivity index (χ0n) is 9.87. The van der Waals surface area contributed by atoms with Crippen molar-refractivity contribution in [3.05, 3.63) is 28.8 Å². The first-order chi connectivity index (χ1) is 8.69. The molecule has 2 N–H and O–H groups in total. The summed E-state index contributed by atoms with van der Waals surface area (Å²) in [5.74, 6) is 0.0468. The number of hydrogen-bond acceptors (Lipinski definition) is 3. The minimum atomic E-state index is 0.0468. The molecule has 0 aromatic heterocycles. The van der Waals surface area contributed by atoms with E-state index in [0.29, 0.717) is 35.3 Å². The second kappa shape index (κ2) is 5.74. The number of nitrogens with zero attached hydrogens (tertiary/aromatic N) is 1. The Morgan fingerprint density at radius 3 is 2.94 bits per heavy atom. The van der Waals surface area contributed by atoms with E-state index in [2.05, 4.69) is 16.7 Å².